The predicted molar refractivity (Wildman–Crippen MR) is 112 cm³/mol. The molecule has 0 fully saturated rings. The van der Waals surface area contributed by atoms with Crippen molar-refractivity contribution in [1.29, 1.82) is 0 Å². The quantitative estimate of drug-likeness (QED) is 0.469. The fraction of sp³-hybridized carbons (Fsp3) is 0.222. The number of H-pyrrole nitrogens is 1. The topological polar surface area (TPSA) is 80.5 Å². The Morgan fingerprint density at radius 1 is 1.36 bits per heavy atom. The first kappa shape index (κ1) is 18.9. The Morgan fingerprint density at radius 3 is 2.79 bits per heavy atom. The lowest BCUT2D eigenvalue weighted by Crippen LogP contribution is -2.23. The van der Waals surface area contributed by atoms with E-state index >= 15 is 0 Å². The zero-order chi connectivity index (χ0) is 19.8. The number of hydrogen-bond acceptors (Lipinski definition) is 5. The van der Waals surface area contributed by atoms with Crippen LogP contribution in [0.2, 0.25) is 5.02 Å². The zero-order valence-corrected chi connectivity index (χ0v) is 17.6. The molecular weight excluding hydrogens is 416 g/mol. The minimum atomic E-state index is -0.146. The van der Waals surface area contributed by atoms with E-state index in [2.05, 4.69) is 20.6 Å². The number of nitrogens with zero attached hydrogens (tertiary/aromatic N) is 4. The highest BCUT2D eigenvalue weighted by Gasteiger charge is 2.17. The second-order valence-corrected chi connectivity index (χ2v) is 8.24. The minimum absolute atomic E-state index is 0.146. The molecule has 28 heavy (non-hydrogen) atoms. The molecule has 0 aliphatic rings. The van der Waals surface area contributed by atoms with Crippen LogP contribution in [0.1, 0.15) is 26.8 Å². The van der Waals surface area contributed by atoms with E-state index in [1.165, 1.54) is 11.3 Å². The van der Waals surface area contributed by atoms with Crippen LogP contribution in [0.25, 0.3) is 10.2 Å². The fourth-order valence-electron chi connectivity index (χ4n) is 2.88. The maximum atomic E-state index is 12.6. The summed E-state index contributed by atoms with van der Waals surface area (Å²) >= 11 is 12.5. The Morgan fingerprint density at radius 2 is 2.11 bits per heavy atom. The molecule has 7 nitrogen and oxygen atoms in total. The van der Waals surface area contributed by atoms with Crippen LogP contribution in [-0.4, -0.2) is 30.5 Å². The molecule has 144 valence electrons. The number of thiophene rings is 1. The lowest BCUT2D eigenvalue weighted by Gasteiger charge is -2.04. The van der Waals surface area contributed by atoms with E-state index in [-0.39, 0.29) is 5.91 Å². The molecule has 0 unspecified atom stereocenters. The van der Waals surface area contributed by atoms with E-state index < -0.39 is 0 Å². The van der Waals surface area contributed by atoms with Crippen LogP contribution in [-0.2, 0) is 20.1 Å². The van der Waals surface area contributed by atoms with Crippen LogP contribution in [0.4, 0.5) is 0 Å². The summed E-state index contributed by atoms with van der Waals surface area (Å²) in [5, 5.41) is 16.0. The zero-order valence-electron chi connectivity index (χ0n) is 15.2. The summed E-state index contributed by atoms with van der Waals surface area (Å²) in [4.78, 5) is 14.2. The second-order valence-electron chi connectivity index (χ2n) is 6.39. The Balaban J connectivity index is 1.55. The van der Waals surface area contributed by atoms with Gasteiger partial charge in [-0.1, -0.05) is 23.7 Å². The van der Waals surface area contributed by atoms with Gasteiger partial charge in [0.05, 0.1) is 23.7 Å². The largest absolute Gasteiger partial charge is 0.344 e. The maximum absolute atomic E-state index is 12.6. The normalized spacial score (nSPS) is 11.2. The van der Waals surface area contributed by atoms with Gasteiger partial charge in [0.1, 0.15) is 4.83 Å². The molecule has 0 atom stereocenters. The number of fused-ring (bicyclic) bond motifs is 1. The van der Waals surface area contributed by atoms with Crippen LogP contribution in [0.5, 0.6) is 0 Å². The Labute approximate surface area is 174 Å². The third-order valence-electron chi connectivity index (χ3n) is 4.46. The number of aromatic amines is 1. The standard InChI is InChI=1S/C18H17ClN6OS2/c1-10-13-7-14(16(26)20-8-15-21-22-18(27)24(15)2)28-17(13)25(23-10)9-11-3-5-12(19)6-4-11/h3-7H,8-9H2,1-2H3,(H,20,26)(H,22,27). The van der Waals surface area contributed by atoms with Crippen LogP contribution >= 0.6 is 35.2 Å². The number of aryl methyl sites for hydroxylation is 1. The maximum Gasteiger partial charge on any atom is 0.261 e. The van der Waals surface area contributed by atoms with Crippen molar-refractivity contribution in [3.05, 3.63) is 62.1 Å². The molecule has 1 aromatic carbocycles. The van der Waals surface area contributed by atoms with Crippen LogP contribution in [0.15, 0.2) is 30.3 Å². The monoisotopic (exact) mass is 432 g/mol. The van der Waals surface area contributed by atoms with Gasteiger partial charge >= 0.3 is 0 Å². The number of amides is 1. The smallest absolute Gasteiger partial charge is 0.261 e. The molecule has 0 aliphatic heterocycles. The number of rotatable bonds is 5. The van der Waals surface area contributed by atoms with E-state index in [4.69, 9.17) is 23.8 Å². The van der Waals surface area contributed by atoms with Gasteiger partial charge in [-0.15, -0.1) is 11.3 Å². The molecule has 2 N–H and O–H groups in total. The Hall–Kier alpha value is -2.49. The van der Waals surface area contributed by atoms with Gasteiger partial charge in [0, 0.05) is 17.5 Å². The summed E-state index contributed by atoms with van der Waals surface area (Å²) in [6.45, 7) is 2.87. The molecular formula is C18H17ClN6OS2. The molecule has 1 amide bonds. The van der Waals surface area contributed by atoms with Gasteiger partial charge in [-0.05, 0) is 42.9 Å². The number of carbonyl (C=O) groups excluding carboxylic acids is 1. The second kappa shape index (κ2) is 7.50. The highest BCUT2D eigenvalue weighted by atomic mass is 35.5. The number of hydrogen-bond donors (Lipinski definition) is 2. The van der Waals surface area contributed by atoms with Crippen molar-refractivity contribution in [2.75, 3.05) is 0 Å². The molecule has 10 heteroatoms. The third kappa shape index (κ3) is 3.60. The average molecular weight is 433 g/mol. The third-order valence-corrected chi connectivity index (χ3v) is 6.22. The molecule has 3 heterocycles. The lowest BCUT2D eigenvalue weighted by molar-refractivity contribution is 0.0953. The highest BCUT2D eigenvalue weighted by molar-refractivity contribution is 7.71. The summed E-state index contributed by atoms with van der Waals surface area (Å²) in [6.07, 6.45) is 0. The van der Waals surface area contributed by atoms with Crippen molar-refractivity contribution in [1.82, 2.24) is 29.9 Å². The molecule has 0 bridgehead atoms. The summed E-state index contributed by atoms with van der Waals surface area (Å²) in [7, 11) is 1.81. The Kier molecular flexibility index (Phi) is 5.05. The molecule has 0 spiro atoms. The molecule has 0 radical (unpaired) electrons. The number of aromatic nitrogens is 5. The van der Waals surface area contributed by atoms with Crippen LogP contribution < -0.4 is 5.32 Å². The summed E-state index contributed by atoms with van der Waals surface area (Å²) < 4.78 is 4.17. The van der Waals surface area contributed by atoms with Crippen LogP contribution in [0, 0.1) is 11.7 Å². The average Bonchev–Trinajstić information content (AvgIpc) is 3.33. The van der Waals surface area contributed by atoms with E-state index in [1.807, 2.05) is 49.0 Å². The molecule has 0 aliphatic carbocycles. The van der Waals surface area contributed by atoms with Crippen molar-refractivity contribution in [2.45, 2.75) is 20.0 Å². The molecule has 3 aromatic heterocycles. The number of benzene rings is 1. The van der Waals surface area contributed by atoms with Gasteiger partial charge in [0.15, 0.2) is 10.6 Å². The first-order valence-corrected chi connectivity index (χ1v) is 10.1. The van der Waals surface area contributed by atoms with E-state index in [0.717, 1.165) is 21.5 Å². The van der Waals surface area contributed by atoms with E-state index in [0.29, 0.717) is 33.6 Å². The van der Waals surface area contributed by atoms with Gasteiger partial charge in [-0.3, -0.25) is 14.6 Å². The van der Waals surface area contributed by atoms with Crippen molar-refractivity contribution in [3.63, 3.8) is 0 Å². The van der Waals surface area contributed by atoms with Crippen molar-refractivity contribution >= 4 is 51.3 Å². The van der Waals surface area contributed by atoms with Crippen molar-refractivity contribution in [3.8, 4) is 0 Å². The summed E-state index contributed by atoms with van der Waals surface area (Å²) in [6, 6.07) is 9.56. The summed E-state index contributed by atoms with van der Waals surface area (Å²) in [5.41, 5.74) is 1.99. The van der Waals surface area contributed by atoms with Gasteiger partial charge in [0.2, 0.25) is 0 Å². The molecule has 4 rings (SSSR count). The van der Waals surface area contributed by atoms with Gasteiger partial charge in [-0.25, -0.2) is 0 Å². The number of nitrogens with one attached hydrogen (secondary N) is 2. The molecule has 0 saturated carbocycles. The molecule has 4 aromatic rings. The Bertz CT molecular complexity index is 1220. The SMILES string of the molecule is Cc1nn(Cc2ccc(Cl)cc2)c2sc(C(=O)NCc3n[nH]c(=S)n3C)cc12. The van der Waals surface area contributed by atoms with Gasteiger partial charge in [0.25, 0.3) is 5.91 Å². The molecule has 0 saturated heterocycles. The highest BCUT2D eigenvalue weighted by Crippen LogP contribution is 2.29. The first-order valence-electron chi connectivity index (χ1n) is 8.52. The fourth-order valence-corrected chi connectivity index (χ4v) is 4.23. The van der Waals surface area contributed by atoms with Gasteiger partial charge in [-0.2, -0.15) is 10.2 Å². The number of halogens is 1. The number of carbonyl (C=O) groups is 1. The van der Waals surface area contributed by atoms with Gasteiger partial charge < -0.3 is 9.88 Å². The minimum Gasteiger partial charge on any atom is -0.344 e. The van der Waals surface area contributed by atoms with Crippen LogP contribution in [0.3, 0.4) is 0 Å². The lowest BCUT2D eigenvalue weighted by atomic mass is 10.2. The van der Waals surface area contributed by atoms with E-state index in [1.54, 1.807) is 4.57 Å². The predicted octanol–water partition coefficient (Wildman–Crippen LogP) is 3.83. The van der Waals surface area contributed by atoms with Crippen molar-refractivity contribution in [2.24, 2.45) is 7.05 Å². The van der Waals surface area contributed by atoms with E-state index in [9.17, 15) is 4.79 Å². The van der Waals surface area contributed by atoms with Crippen molar-refractivity contribution < 1.29 is 4.79 Å². The summed E-state index contributed by atoms with van der Waals surface area (Å²) in [5.74, 6) is 0.525. The first-order chi connectivity index (χ1) is 13.4.